The van der Waals surface area contributed by atoms with Crippen LogP contribution in [0.5, 0.6) is 0 Å². The fourth-order valence-electron chi connectivity index (χ4n) is 1.90. The summed E-state index contributed by atoms with van der Waals surface area (Å²) in [6, 6.07) is 11.4. The Morgan fingerprint density at radius 2 is 1.19 bits per heavy atom. The summed E-state index contributed by atoms with van der Waals surface area (Å²) in [5, 5.41) is 21.8. The van der Waals surface area contributed by atoms with Crippen LogP contribution in [0.1, 0.15) is 20.7 Å². The van der Waals surface area contributed by atoms with Crippen molar-refractivity contribution in [3.05, 3.63) is 64.6 Å². The van der Waals surface area contributed by atoms with E-state index in [-0.39, 0.29) is 22.5 Å². The van der Waals surface area contributed by atoms with Crippen molar-refractivity contribution in [3.63, 3.8) is 0 Å². The molecule has 0 unspecified atom stereocenters. The summed E-state index contributed by atoms with van der Waals surface area (Å²) in [5.41, 5.74) is -0.322. The van der Waals surface area contributed by atoms with E-state index in [1.807, 2.05) is 0 Å². The molecule has 0 aliphatic rings. The molecular formula is C14H10N2O5. The van der Waals surface area contributed by atoms with Crippen molar-refractivity contribution in [2.24, 2.45) is 5.29 Å². The number of carboxylic acids is 2. The summed E-state index contributed by atoms with van der Waals surface area (Å²) < 4.78 is 0. The quantitative estimate of drug-likeness (QED) is 0.646. The van der Waals surface area contributed by atoms with Crippen LogP contribution in [0, 0.1) is 4.91 Å². The van der Waals surface area contributed by atoms with Gasteiger partial charge in [-0.05, 0) is 24.3 Å². The highest BCUT2D eigenvalue weighted by Gasteiger charge is 2.22. The summed E-state index contributed by atoms with van der Waals surface area (Å²) >= 11 is 0. The van der Waals surface area contributed by atoms with E-state index >= 15 is 0 Å². The van der Waals surface area contributed by atoms with Crippen LogP contribution in [0.15, 0.2) is 53.8 Å². The van der Waals surface area contributed by atoms with Gasteiger partial charge in [0.15, 0.2) is 0 Å². The largest absolute Gasteiger partial charge is 0.478 e. The van der Waals surface area contributed by atoms with Crippen LogP contribution in [-0.4, -0.2) is 22.2 Å². The van der Waals surface area contributed by atoms with Gasteiger partial charge in [0.1, 0.15) is 0 Å². The van der Waals surface area contributed by atoms with Crippen LogP contribution in [0.3, 0.4) is 0 Å². The number of carboxylic acid groups (broad SMARTS) is 2. The maximum atomic E-state index is 11.2. The molecule has 0 aliphatic heterocycles. The second-order valence-corrected chi connectivity index (χ2v) is 4.04. The van der Waals surface area contributed by atoms with Crippen LogP contribution in [-0.2, 0) is 0 Å². The van der Waals surface area contributed by atoms with Crippen molar-refractivity contribution in [1.82, 2.24) is 0 Å². The van der Waals surface area contributed by atoms with Gasteiger partial charge in [-0.2, -0.15) is 5.01 Å². The fourth-order valence-corrected chi connectivity index (χ4v) is 1.90. The summed E-state index contributed by atoms with van der Waals surface area (Å²) in [7, 11) is 0. The highest BCUT2D eigenvalue weighted by molar-refractivity contribution is 5.99. The molecule has 7 nitrogen and oxygen atoms in total. The van der Waals surface area contributed by atoms with E-state index in [4.69, 9.17) is 10.2 Å². The average molecular weight is 286 g/mol. The van der Waals surface area contributed by atoms with Crippen LogP contribution < -0.4 is 5.01 Å². The van der Waals surface area contributed by atoms with Crippen molar-refractivity contribution >= 4 is 23.3 Å². The normalized spacial score (nSPS) is 9.90. The maximum Gasteiger partial charge on any atom is 0.337 e. The monoisotopic (exact) mass is 286 g/mol. The lowest BCUT2D eigenvalue weighted by Crippen LogP contribution is -2.15. The van der Waals surface area contributed by atoms with Gasteiger partial charge in [-0.3, -0.25) is 0 Å². The van der Waals surface area contributed by atoms with E-state index in [0.717, 1.165) is 5.01 Å². The molecule has 0 radical (unpaired) electrons. The first-order valence-corrected chi connectivity index (χ1v) is 5.84. The highest BCUT2D eigenvalue weighted by Crippen LogP contribution is 2.31. The molecular weight excluding hydrogens is 276 g/mol. The molecule has 0 spiro atoms. The molecule has 0 saturated heterocycles. The third-order valence-corrected chi connectivity index (χ3v) is 2.81. The third kappa shape index (κ3) is 2.71. The number of aromatic carboxylic acids is 2. The summed E-state index contributed by atoms with van der Waals surface area (Å²) in [6.07, 6.45) is 0. The molecule has 0 aromatic heterocycles. The molecule has 106 valence electrons. The predicted octanol–water partition coefficient (Wildman–Crippen LogP) is 2.90. The van der Waals surface area contributed by atoms with Crippen molar-refractivity contribution in [3.8, 4) is 0 Å². The van der Waals surface area contributed by atoms with Crippen LogP contribution >= 0.6 is 0 Å². The van der Waals surface area contributed by atoms with Gasteiger partial charge in [0, 0.05) is 0 Å². The molecule has 0 heterocycles. The van der Waals surface area contributed by atoms with Crippen molar-refractivity contribution in [2.45, 2.75) is 0 Å². The molecule has 0 atom stereocenters. The van der Waals surface area contributed by atoms with Gasteiger partial charge in [0.05, 0.1) is 27.8 Å². The van der Waals surface area contributed by atoms with Crippen molar-refractivity contribution in [1.29, 1.82) is 0 Å². The summed E-state index contributed by atoms with van der Waals surface area (Å²) in [4.78, 5) is 33.6. The lowest BCUT2D eigenvalue weighted by molar-refractivity contribution is 0.0688. The number of nitrogens with zero attached hydrogens (tertiary/aromatic N) is 2. The number of anilines is 2. The lowest BCUT2D eigenvalue weighted by atomic mass is 10.1. The fraction of sp³-hybridized carbons (Fsp3) is 0. The molecule has 7 heteroatoms. The number of hydrogen-bond donors (Lipinski definition) is 2. The molecule has 2 rings (SSSR count). The number of carbonyl (C=O) groups is 2. The van der Waals surface area contributed by atoms with E-state index in [1.165, 1.54) is 48.5 Å². The van der Waals surface area contributed by atoms with Gasteiger partial charge in [0.25, 0.3) is 0 Å². The standard InChI is InChI=1S/C14H10N2O5/c17-13(18)9-5-1-3-7-11(9)16(15-21)12-8-4-2-6-10(12)14(19)20/h1-8H,(H,17,18)(H,19,20). The zero-order chi connectivity index (χ0) is 15.4. The second-order valence-electron chi connectivity index (χ2n) is 4.04. The summed E-state index contributed by atoms with van der Waals surface area (Å²) in [6.45, 7) is 0. The Balaban J connectivity index is 2.64. The first kappa shape index (κ1) is 14.2. The highest BCUT2D eigenvalue weighted by atomic mass is 16.4. The van der Waals surface area contributed by atoms with Gasteiger partial charge >= 0.3 is 11.9 Å². The zero-order valence-corrected chi connectivity index (χ0v) is 10.6. The number of para-hydroxylation sites is 2. The minimum atomic E-state index is -1.24. The Hall–Kier alpha value is -3.22. The van der Waals surface area contributed by atoms with E-state index in [1.54, 1.807) is 0 Å². The molecule has 0 bridgehead atoms. The SMILES string of the molecule is O=NN(c1ccccc1C(=O)O)c1ccccc1C(=O)O. The Kier molecular flexibility index (Phi) is 3.94. The van der Waals surface area contributed by atoms with Crippen LogP contribution in [0.4, 0.5) is 11.4 Å². The Labute approximate surface area is 119 Å². The number of benzene rings is 2. The predicted molar refractivity (Wildman–Crippen MR) is 74.7 cm³/mol. The summed E-state index contributed by atoms with van der Waals surface area (Å²) in [5.74, 6) is -2.49. The second kappa shape index (κ2) is 5.83. The van der Waals surface area contributed by atoms with Gasteiger partial charge in [-0.25, -0.2) is 9.59 Å². The molecule has 0 aliphatic carbocycles. The Morgan fingerprint density at radius 3 is 1.52 bits per heavy atom. The van der Waals surface area contributed by atoms with Crippen LogP contribution in [0.25, 0.3) is 0 Å². The number of rotatable bonds is 5. The smallest absolute Gasteiger partial charge is 0.337 e. The van der Waals surface area contributed by atoms with Crippen molar-refractivity contribution in [2.75, 3.05) is 5.01 Å². The van der Waals surface area contributed by atoms with E-state index < -0.39 is 11.9 Å². The third-order valence-electron chi connectivity index (χ3n) is 2.81. The molecule has 0 fully saturated rings. The topological polar surface area (TPSA) is 107 Å². The molecule has 0 saturated carbocycles. The van der Waals surface area contributed by atoms with Gasteiger partial charge in [-0.15, -0.1) is 4.91 Å². The molecule has 2 aromatic rings. The maximum absolute atomic E-state index is 11.2. The minimum absolute atomic E-state index is 0.00583. The van der Waals surface area contributed by atoms with E-state index in [0.29, 0.717) is 0 Å². The minimum Gasteiger partial charge on any atom is -0.478 e. The van der Waals surface area contributed by atoms with Gasteiger partial charge in [-0.1, -0.05) is 24.3 Å². The van der Waals surface area contributed by atoms with Gasteiger partial charge < -0.3 is 10.2 Å². The molecule has 21 heavy (non-hydrogen) atoms. The van der Waals surface area contributed by atoms with Gasteiger partial charge in [0.2, 0.25) is 0 Å². The number of hydrogen-bond acceptors (Lipinski definition) is 4. The van der Waals surface area contributed by atoms with E-state index in [9.17, 15) is 14.5 Å². The Bertz CT molecular complexity index is 657. The van der Waals surface area contributed by atoms with E-state index in [2.05, 4.69) is 5.29 Å². The first-order valence-electron chi connectivity index (χ1n) is 5.84. The number of nitroso groups, excluding NO2 is 1. The van der Waals surface area contributed by atoms with Crippen molar-refractivity contribution < 1.29 is 19.8 Å². The van der Waals surface area contributed by atoms with Crippen LogP contribution in [0.2, 0.25) is 0 Å². The zero-order valence-electron chi connectivity index (χ0n) is 10.6. The molecule has 2 aromatic carbocycles. The first-order chi connectivity index (χ1) is 10.1. The lowest BCUT2D eigenvalue weighted by Gasteiger charge is -2.18. The molecule has 2 N–H and O–H groups in total. The average Bonchev–Trinajstić information content (AvgIpc) is 2.48. The Morgan fingerprint density at radius 1 is 0.810 bits per heavy atom. The molecule has 0 amide bonds.